The Balaban J connectivity index is 0.00000480. The van der Waals surface area contributed by atoms with Crippen LogP contribution in [0.1, 0.15) is 57.9 Å². The van der Waals surface area contributed by atoms with Gasteiger partial charge in [0.15, 0.2) is 5.96 Å². The van der Waals surface area contributed by atoms with Crippen molar-refractivity contribution in [1.29, 1.82) is 0 Å². The summed E-state index contributed by atoms with van der Waals surface area (Å²) in [6.45, 7) is 5.85. The molecule has 31 heavy (non-hydrogen) atoms. The fraction of sp³-hybridized carbons (Fsp3) is 0.682. The molecule has 0 saturated heterocycles. The molecule has 1 fully saturated rings. The van der Waals surface area contributed by atoms with Gasteiger partial charge in [-0.1, -0.05) is 31.4 Å². The summed E-state index contributed by atoms with van der Waals surface area (Å²) in [5, 5.41) is 6.56. The van der Waals surface area contributed by atoms with E-state index in [0.717, 1.165) is 31.1 Å². The van der Waals surface area contributed by atoms with Crippen LogP contribution in [0.5, 0.6) is 0 Å². The number of hydrogen-bond acceptors (Lipinski definition) is 4. The normalized spacial score (nSPS) is 15.7. The van der Waals surface area contributed by atoms with E-state index in [2.05, 4.69) is 15.6 Å². The minimum atomic E-state index is -3.45. The van der Waals surface area contributed by atoms with Crippen LogP contribution in [0.15, 0.2) is 34.2 Å². The molecular formula is C22H39IN4O3S. The summed E-state index contributed by atoms with van der Waals surface area (Å²) in [5.41, 5.74) is 0.990. The molecule has 9 heteroatoms. The van der Waals surface area contributed by atoms with Crippen molar-refractivity contribution < 1.29 is 13.2 Å². The SMILES string of the molecule is CN=C(NCCCOC1CCCCC1)NCc1ccc(S(=O)(=O)N(C)C(C)C)cc1.I. The first-order valence-electron chi connectivity index (χ1n) is 11.0. The Bertz CT molecular complexity index is 763. The third-order valence-electron chi connectivity index (χ3n) is 5.53. The molecule has 178 valence electrons. The van der Waals surface area contributed by atoms with Gasteiger partial charge in [0.1, 0.15) is 0 Å². The van der Waals surface area contributed by atoms with E-state index in [0.29, 0.717) is 17.5 Å². The maximum absolute atomic E-state index is 12.5. The van der Waals surface area contributed by atoms with Crippen LogP contribution in [0.2, 0.25) is 0 Å². The van der Waals surface area contributed by atoms with Gasteiger partial charge in [0, 0.05) is 39.8 Å². The quantitative estimate of drug-likeness (QED) is 0.195. The van der Waals surface area contributed by atoms with E-state index in [1.807, 2.05) is 26.0 Å². The van der Waals surface area contributed by atoms with Gasteiger partial charge >= 0.3 is 0 Å². The van der Waals surface area contributed by atoms with Crippen molar-refractivity contribution >= 4 is 40.0 Å². The Morgan fingerprint density at radius 3 is 2.39 bits per heavy atom. The molecule has 1 aromatic rings. The summed E-state index contributed by atoms with van der Waals surface area (Å²) in [5.74, 6) is 0.726. The predicted molar refractivity (Wildman–Crippen MR) is 138 cm³/mol. The van der Waals surface area contributed by atoms with E-state index in [1.54, 1.807) is 26.2 Å². The Labute approximate surface area is 205 Å². The lowest BCUT2D eigenvalue weighted by Crippen LogP contribution is -2.37. The zero-order valence-electron chi connectivity index (χ0n) is 19.3. The first-order chi connectivity index (χ1) is 14.3. The van der Waals surface area contributed by atoms with Crippen molar-refractivity contribution in [2.75, 3.05) is 27.2 Å². The number of nitrogens with one attached hydrogen (secondary N) is 2. The van der Waals surface area contributed by atoms with Crippen molar-refractivity contribution in [1.82, 2.24) is 14.9 Å². The van der Waals surface area contributed by atoms with E-state index in [9.17, 15) is 8.42 Å². The highest BCUT2D eigenvalue weighted by Gasteiger charge is 2.22. The van der Waals surface area contributed by atoms with Gasteiger partial charge in [-0.25, -0.2) is 8.42 Å². The molecule has 0 radical (unpaired) electrons. The van der Waals surface area contributed by atoms with E-state index in [-0.39, 0.29) is 30.0 Å². The fourth-order valence-electron chi connectivity index (χ4n) is 3.39. The number of guanidine groups is 1. The molecule has 0 unspecified atom stereocenters. The zero-order valence-corrected chi connectivity index (χ0v) is 22.4. The lowest BCUT2D eigenvalue weighted by atomic mass is 9.98. The van der Waals surface area contributed by atoms with Gasteiger partial charge in [-0.3, -0.25) is 4.99 Å². The van der Waals surface area contributed by atoms with Crippen LogP contribution in [0.4, 0.5) is 0 Å². The van der Waals surface area contributed by atoms with E-state index < -0.39 is 10.0 Å². The highest BCUT2D eigenvalue weighted by molar-refractivity contribution is 14.0. The van der Waals surface area contributed by atoms with Crippen LogP contribution >= 0.6 is 24.0 Å². The van der Waals surface area contributed by atoms with Crippen molar-refractivity contribution in [3.63, 3.8) is 0 Å². The number of sulfonamides is 1. The summed E-state index contributed by atoms with van der Waals surface area (Å²) in [6, 6.07) is 6.89. The molecule has 1 aliphatic rings. The van der Waals surface area contributed by atoms with Crippen molar-refractivity contribution in [2.24, 2.45) is 4.99 Å². The van der Waals surface area contributed by atoms with Crippen LogP contribution < -0.4 is 10.6 Å². The Hall–Kier alpha value is -0.910. The van der Waals surface area contributed by atoms with Crippen molar-refractivity contribution in [2.45, 2.75) is 76.0 Å². The minimum absolute atomic E-state index is 0. The van der Waals surface area contributed by atoms with Gasteiger partial charge in [0.2, 0.25) is 10.0 Å². The summed E-state index contributed by atoms with van der Waals surface area (Å²) in [7, 11) is -0.108. The molecule has 0 amide bonds. The second kappa shape index (κ2) is 14.3. The monoisotopic (exact) mass is 566 g/mol. The highest BCUT2D eigenvalue weighted by Crippen LogP contribution is 2.20. The molecule has 0 bridgehead atoms. The molecule has 1 aromatic carbocycles. The molecule has 0 aromatic heterocycles. The number of aliphatic imine (C=N–C) groups is 1. The smallest absolute Gasteiger partial charge is 0.243 e. The molecular weight excluding hydrogens is 527 g/mol. The van der Waals surface area contributed by atoms with Gasteiger partial charge < -0.3 is 15.4 Å². The van der Waals surface area contributed by atoms with E-state index >= 15 is 0 Å². The van der Waals surface area contributed by atoms with Crippen LogP contribution in [0.3, 0.4) is 0 Å². The van der Waals surface area contributed by atoms with Crippen molar-refractivity contribution in [3.05, 3.63) is 29.8 Å². The number of rotatable bonds is 10. The van der Waals surface area contributed by atoms with Crippen LogP contribution in [0, 0.1) is 0 Å². The van der Waals surface area contributed by atoms with Gasteiger partial charge in [-0.15, -0.1) is 24.0 Å². The second-order valence-corrected chi connectivity index (χ2v) is 10.1. The third-order valence-corrected chi connectivity index (χ3v) is 7.58. The molecule has 0 aliphatic heterocycles. The van der Waals surface area contributed by atoms with Crippen LogP contribution in [-0.2, 0) is 21.3 Å². The highest BCUT2D eigenvalue weighted by atomic mass is 127. The lowest BCUT2D eigenvalue weighted by Gasteiger charge is -2.22. The molecule has 0 spiro atoms. The summed E-state index contributed by atoms with van der Waals surface area (Å²) < 4.78 is 32.4. The predicted octanol–water partition coefficient (Wildman–Crippen LogP) is 3.74. The van der Waals surface area contributed by atoms with Gasteiger partial charge in [-0.2, -0.15) is 4.31 Å². The number of hydrogen-bond donors (Lipinski definition) is 2. The maximum atomic E-state index is 12.5. The van der Waals surface area contributed by atoms with Gasteiger partial charge in [-0.05, 0) is 50.8 Å². The Morgan fingerprint density at radius 1 is 1.16 bits per heavy atom. The largest absolute Gasteiger partial charge is 0.378 e. The third kappa shape index (κ3) is 9.23. The summed E-state index contributed by atoms with van der Waals surface area (Å²) in [4.78, 5) is 4.55. The van der Waals surface area contributed by atoms with E-state index in [1.165, 1.54) is 36.4 Å². The Morgan fingerprint density at radius 2 is 1.81 bits per heavy atom. The Kier molecular flexibility index (Phi) is 13.0. The second-order valence-electron chi connectivity index (χ2n) is 8.10. The summed E-state index contributed by atoms with van der Waals surface area (Å²) >= 11 is 0. The molecule has 7 nitrogen and oxygen atoms in total. The number of ether oxygens (including phenoxy) is 1. The average molecular weight is 567 g/mol. The average Bonchev–Trinajstić information content (AvgIpc) is 2.76. The standard InChI is InChI=1S/C22H38N4O3S.HI/c1-18(2)26(4)30(27,28)21-13-11-19(12-14-21)17-25-22(23-3)24-15-8-16-29-20-9-6-5-7-10-20;/h11-14,18,20H,5-10,15-17H2,1-4H3,(H2,23,24,25);1H. The first-order valence-corrected chi connectivity index (χ1v) is 12.4. The fourth-order valence-corrected chi connectivity index (χ4v) is 4.76. The molecule has 1 aliphatic carbocycles. The lowest BCUT2D eigenvalue weighted by molar-refractivity contribution is 0.0277. The van der Waals surface area contributed by atoms with E-state index in [4.69, 9.17) is 4.74 Å². The number of halogens is 1. The molecule has 0 atom stereocenters. The molecule has 2 N–H and O–H groups in total. The molecule has 2 rings (SSSR count). The maximum Gasteiger partial charge on any atom is 0.243 e. The molecule has 1 saturated carbocycles. The minimum Gasteiger partial charge on any atom is -0.378 e. The first kappa shape index (κ1) is 28.1. The van der Waals surface area contributed by atoms with Crippen LogP contribution in [0.25, 0.3) is 0 Å². The van der Waals surface area contributed by atoms with Gasteiger partial charge in [0.05, 0.1) is 11.0 Å². The summed E-state index contributed by atoms with van der Waals surface area (Å²) in [6.07, 6.45) is 7.71. The molecule has 0 heterocycles. The number of benzene rings is 1. The zero-order chi connectivity index (χ0) is 22.0. The van der Waals surface area contributed by atoms with Crippen LogP contribution in [-0.4, -0.2) is 58.1 Å². The van der Waals surface area contributed by atoms with Gasteiger partial charge in [0.25, 0.3) is 0 Å². The number of nitrogens with zero attached hydrogens (tertiary/aromatic N) is 2. The van der Waals surface area contributed by atoms with Crippen molar-refractivity contribution in [3.8, 4) is 0 Å². The topological polar surface area (TPSA) is 83.0 Å².